The molecule has 6 heteroatoms. The lowest BCUT2D eigenvalue weighted by molar-refractivity contribution is 0.699. The Bertz CT molecular complexity index is 615. The number of rotatable bonds is 4. The first-order valence-electron chi connectivity index (χ1n) is 5.96. The first kappa shape index (κ1) is 11.4. The summed E-state index contributed by atoms with van der Waals surface area (Å²) < 4.78 is 1.77. The molecule has 0 radical (unpaired) electrons. The average molecular weight is 262 g/mol. The molecule has 5 nitrogen and oxygen atoms in total. The van der Waals surface area contributed by atoms with Gasteiger partial charge in [-0.15, -0.1) is 11.3 Å². The van der Waals surface area contributed by atoms with Crippen molar-refractivity contribution in [2.75, 3.05) is 5.32 Å². The summed E-state index contributed by atoms with van der Waals surface area (Å²) in [4.78, 5) is 20.5. The third kappa shape index (κ3) is 2.28. The van der Waals surface area contributed by atoms with Gasteiger partial charge in [0.1, 0.15) is 0 Å². The highest BCUT2D eigenvalue weighted by molar-refractivity contribution is 7.09. The van der Waals surface area contributed by atoms with E-state index >= 15 is 0 Å². The molecular weight excluding hydrogens is 248 g/mol. The average Bonchev–Trinajstić information content (AvgIpc) is 3.11. The summed E-state index contributed by atoms with van der Waals surface area (Å²) in [5.41, 5.74) is 0.910. The zero-order valence-corrected chi connectivity index (χ0v) is 10.9. The van der Waals surface area contributed by atoms with Crippen LogP contribution in [-0.4, -0.2) is 14.5 Å². The van der Waals surface area contributed by atoms with Crippen molar-refractivity contribution in [1.82, 2.24) is 14.5 Å². The summed E-state index contributed by atoms with van der Waals surface area (Å²) in [6.07, 6.45) is 5.62. The maximum atomic E-state index is 12.1. The highest BCUT2D eigenvalue weighted by atomic mass is 32.1. The molecule has 94 valence electrons. The summed E-state index contributed by atoms with van der Waals surface area (Å²) in [6, 6.07) is 0.377. The van der Waals surface area contributed by atoms with Gasteiger partial charge in [-0.05, 0) is 19.8 Å². The van der Waals surface area contributed by atoms with Gasteiger partial charge in [-0.2, -0.15) is 0 Å². The molecule has 1 N–H and O–H groups in total. The Labute approximate surface area is 109 Å². The van der Waals surface area contributed by atoms with Crippen LogP contribution in [0.15, 0.2) is 22.6 Å². The lowest BCUT2D eigenvalue weighted by Crippen LogP contribution is -2.23. The highest BCUT2D eigenvalue weighted by Crippen LogP contribution is 2.33. The maximum Gasteiger partial charge on any atom is 0.293 e. The van der Waals surface area contributed by atoms with E-state index in [4.69, 9.17) is 0 Å². The van der Waals surface area contributed by atoms with Crippen LogP contribution in [0.4, 0.5) is 5.82 Å². The van der Waals surface area contributed by atoms with Gasteiger partial charge in [-0.25, -0.2) is 9.97 Å². The summed E-state index contributed by atoms with van der Waals surface area (Å²) in [5.74, 6) is 0.412. The number of nitrogens with zero attached hydrogens (tertiary/aromatic N) is 3. The molecule has 1 aliphatic carbocycles. The van der Waals surface area contributed by atoms with Gasteiger partial charge in [-0.1, -0.05) is 0 Å². The number of thiazole rings is 1. The van der Waals surface area contributed by atoms with E-state index in [0.29, 0.717) is 18.4 Å². The van der Waals surface area contributed by atoms with E-state index in [-0.39, 0.29) is 5.56 Å². The Hall–Kier alpha value is -1.69. The van der Waals surface area contributed by atoms with Gasteiger partial charge in [0.2, 0.25) is 0 Å². The Morgan fingerprint density at radius 2 is 2.39 bits per heavy atom. The lowest BCUT2D eigenvalue weighted by Gasteiger charge is -2.06. The van der Waals surface area contributed by atoms with Crippen molar-refractivity contribution in [2.45, 2.75) is 32.4 Å². The number of nitrogens with one attached hydrogen (secondary N) is 1. The molecule has 3 rings (SSSR count). The fourth-order valence-electron chi connectivity index (χ4n) is 1.85. The minimum absolute atomic E-state index is 0.0352. The number of hydrogen-bond donors (Lipinski definition) is 1. The van der Waals surface area contributed by atoms with Crippen LogP contribution in [0, 0.1) is 6.92 Å². The minimum atomic E-state index is -0.0352. The summed E-state index contributed by atoms with van der Waals surface area (Å²) in [7, 11) is 0. The van der Waals surface area contributed by atoms with Crippen molar-refractivity contribution >= 4 is 17.2 Å². The third-order valence-electron chi connectivity index (χ3n) is 2.91. The van der Waals surface area contributed by atoms with Gasteiger partial charge in [-0.3, -0.25) is 4.79 Å². The molecule has 1 fully saturated rings. The molecule has 0 saturated heterocycles. The molecular formula is C12H14N4OS. The van der Waals surface area contributed by atoms with E-state index in [1.807, 2.05) is 12.3 Å². The lowest BCUT2D eigenvalue weighted by atomic mass is 10.4. The zero-order valence-electron chi connectivity index (χ0n) is 10.1. The minimum Gasteiger partial charge on any atom is -0.360 e. The molecule has 1 saturated carbocycles. The van der Waals surface area contributed by atoms with E-state index in [9.17, 15) is 4.79 Å². The standard InChI is InChI=1S/C12H14N4OS/c1-8-15-9(7-18-8)6-14-11-12(17)16(5-4-13-11)10-2-3-10/h4-5,7,10H,2-3,6H2,1H3,(H,13,14). The van der Waals surface area contributed by atoms with E-state index in [0.717, 1.165) is 23.5 Å². The fourth-order valence-corrected chi connectivity index (χ4v) is 2.46. The normalized spacial score (nSPS) is 14.7. The monoisotopic (exact) mass is 262 g/mol. The molecule has 1 aliphatic rings. The van der Waals surface area contributed by atoms with Crippen LogP contribution >= 0.6 is 11.3 Å². The SMILES string of the molecule is Cc1nc(CNc2nccn(C3CC3)c2=O)cs1. The van der Waals surface area contributed by atoms with E-state index in [1.165, 1.54) is 0 Å². The molecule has 0 unspecified atom stereocenters. The molecule has 0 aliphatic heterocycles. The zero-order chi connectivity index (χ0) is 12.5. The van der Waals surface area contributed by atoms with Crippen molar-refractivity contribution < 1.29 is 0 Å². The van der Waals surface area contributed by atoms with Gasteiger partial charge in [0.15, 0.2) is 5.82 Å². The molecule has 2 heterocycles. The van der Waals surface area contributed by atoms with Gasteiger partial charge < -0.3 is 9.88 Å². The number of hydrogen-bond acceptors (Lipinski definition) is 5. The van der Waals surface area contributed by atoms with Crippen molar-refractivity contribution in [1.29, 1.82) is 0 Å². The van der Waals surface area contributed by atoms with Crippen molar-refractivity contribution in [2.24, 2.45) is 0 Å². The summed E-state index contributed by atoms with van der Waals surface area (Å²) >= 11 is 1.61. The van der Waals surface area contributed by atoms with E-state index < -0.39 is 0 Å². The van der Waals surface area contributed by atoms with Gasteiger partial charge in [0.25, 0.3) is 5.56 Å². The quantitative estimate of drug-likeness (QED) is 0.915. The molecule has 2 aromatic heterocycles. The predicted octanol–water partition coefficient (Wildman–Crippen LogP) is 1.96. The van der Waals surface area contributed by atoms with Crippen LogP contribution in [0.3, 0.4) is 0 Å². The van der Waals surface area contributed by atoms with Crippen LogP contribution in [-0.2, 0) is 6.54 Å². The Morgan fingerprint density at radius 3 is 3.06 bits per heavy atom. The van der Waals surface area contributed by atoms with Crippen molar-refractivity contribution in [3.8, 4) is 0 Å². The topological polar surface area (TPSA) is 59.8 Å². The molecule has 0 bridgehead atoms. The van der Waals surface area contributed by atoms with Crippen molar-refractivity contribution in [3.05, 3.63) is 38.8 Å². The second kappa shape index (κ2) is 4.53. The van der Waals surface area contributed by atoms with Crippen LogP contribution in [0.25, 0.3) is 0 Å². The molecule has 18 heavy (non-hydrogen) atoms. The second-order valence-electron chi connectivity index (χ2n) is 4.43. The van der Waals surface area contributed by atoms with Crippen LogP contribution in [0.5, 0.6) is 0 Å². The highest BCUT2D eigenvalue weighted by Gasteiger charge is 2.25. The number of anilines is 1. The van der Waals surface area contributed by atoms with Crippen LogP contribution in [0.1, 0.15) is 29.6 Å². The Morgan fingerprint density at radius 1 is 1.56 bits per heavy atom. The molecule has 0 aromatic carbocycles. The third-order valence-corrected chi connectivity index (χ3v) is 3.73. The molecule has 2 aromatic rings. The van der Waals surface area contributed by atoms with E-state index in [1.54, 1.807) is 28.3 Å². The summed E-state index contributed by atoms with van der Waals surface area (Å²) in [5, 5.41) is 6.09. The second-order valence-corrected chi connectivity index (χ2v) is 5.49. The first-order chi connectivity index (χ1) is 8.74. The van der Waals surface area contributed by atoms with Gasteiger partial charge >= 0.3 is 0 Å². The molecule has 0 amide bonds. The first-order valence-corrected chi connectivity index (χ1v) is 6.84. The van der Waals surface area contributed by atoms with Gasteiger partial charge in [0.05, 0.1) is 17.2 Å². The predicted molar refractivity (Wildman–Crippen MR) is 70.9 cm³/mol. The molecule has 0 spiro atoms. The van der Waals surface area contributed by atoms with Crippen LogP contribution in [0.2, 0.25) is 0 Å². The van der Waals surface area contributed by atoms with E-state index in [2.05, 4.69) is 15.3 Å². The molecule has 0 atom stereocenters. The van der Waals surface area contributed by atoms with Crippen molar-refractivity contribution in [3.63, 3.8) is 0 Å². The Kier molecular flexibility index (Phi) is 2.87. The van der Waals surface area contributed by atoms with Gasteiger partial charge in [0, 0.05) is 23.8 Å². The largest absolute Gasteiger partial charge is 0.360 e. The smallest absolute Gasteiger partial charge is 0.293 e. The van der Waals surface area contributed by atoms with Crippen LogP contribution < -0.4 is 10.9 Å². The fraction of sp³-hybridized carbons (Fsp3) is 0.417. The summed E-state index contributed by atoms with van der Waals surface area (Å²) in [6.45, 7) is 2.51. The number of aryl methyl sites for hydroxylation is 1. The Balaban J connectivity index is 1.76. The number of aromatic nitrogens is 3. The maximum absolute atomic E-state index is 12.1.